The topological polar surface area (TPSA) is 119 Å². The van der Waals surface area contributed by atoms with Crippen LogP contribution >= 0.6 is 0 Å². The van der Waals surface area contributed by atoms with Crippen LogP contribution in [0.3, 0.4) is 0 Å². The van der Waals surface area contributed by atoms with Crippen LogP contribution in [0.15, 0.2) is 9.98 Å². The second-order valence-electron chi connectivity index (χ2n) is 7.09. The van der Waals surface area contributed by atoms with E-state index in [0.29, 0.717) is 0 Å². The molecule has 0 aromatic rings. The highest BCUT2D eigenvalue weighted by molar-refractivity contribution is 6.44. The van der Waals surface area contributed by atoms with Crippen LogP contribution in [0.25, 0.3) is 0 Å². The number of amidine groups is 2. The maximum absolute atomic E-state index is 12.3. The third-order valence-electron chi connectivity index (χ3n) is 3.39. The van der Waals surface area contributed by atoms with Gasteiger partial charge >= 0.3 is 11.9 Å². The van der Waals surface area contributed by atoms with Gasteiger partial charge in [-0.15, -0.1) is 0 Å². The van der Waals surface area contributed by atoms with Crippen LogP contribution in [-0.4, -0.2) is 54.2 Å². The summed E-state index contributed by atoms with van der Waals surface area (Å²) in [6.07, 6.45) is 1.24. The molecule has 0 bridgehead atoms. The van der Waals surface area contributed by atoms with Crippen molar-refractivity contribution >= 4 is 23.6 Å². The molecule has 140 valence electrons. The molecule has 1 atom stereocenters. The number of hydrogen-bond donors (Lipinski definition) is 2. The second kappa shape index (κ2) is 8.39. The highest BCUT2D eigenvalue weighted by Crippen LogP contribution is 2.21. The molecular formula is C16H27N5O4. The fourth-order valence-corrected chi connectivity index (χ4v) is 1.92. The standard InChI is InChI=1S/C16H27N5O4/c1-9(2)7-24-14(22)12-19-13(15(23)25-8-10(3)4)21(17)16(20-12)18-11-5-6-11/h9-11,16,18H,5-8,17H2,1-4H3. The van der Waals surface area contributed by atoms with Crippen LogP contribution in [0.2, 0.25) is 0 Å². The first kappa shape index (κ1) is 19.3. The van der Waals surface area contributed by atoms with Crippen molar-refractivity contribution in [3.63, 3.8) is 0 Å². The SMILES string of the molecule is CC(C)COC(=O)C1=NC(NC2CC2)N(N)C(C(=O)OCC(C)C)=N1. The van der Waals surface area contributed by atoms with Gasteiger partial charge in [-0.25, -0.2) is 20.4 Å². The predicted octanol–water partition coefficient (Wildman–Crippen LogP) is 0.407. The van der Waals surface area contributed by atoms with Crippen molar-refractivity contribution in [1.29, 1.82) is 0 Å². The van der Waals surface area contributed by atoms with Crippen molar-refractivity contribution in [3.8, 4) is 0 Å². The van der Waals surface area contributed by atoms with E-state index in [9.17, 15) is 9.59 Å². The fraction of sp³-hybridized carbons (Fsp3) is 0.750. The van der Waals surface area contributed by atoms with Gasteiger partial charge < -0.3 is 9.47 Å². The zero-order valence-electron chi connectivity index (χ0n) is 15.2. The monoisotopic (exact) mass is 353 g/mol. The fourth-order valence-electron chi connectivity index (χ4n) is 1.92. The molecule has 1 saturated carbocycles. The van der Waals surface area contributed by atoms with Gasteiger partial charge in [-0.3, -0.25) is 10.3 Å². The van der Waals surface area contributed by atoms with Gasteiger partial charge in [0, 0.05) is 6.04 Å². The second-order valence-corrected chi connectivity index (χ2v) is 7.09. The molecule has 0 aromatic heterocycles. The number of hydrogen-bond acceptors (Lipinski definition) is 9. The lowest BCUT2D eigenvalue weighted by Crippen LogP contribution is -2.57. The van der Waals surface area contributed by atoms with Crippen LogP contribution < -0.4 is 11.2 Å². The summed E-state index contributed by atoms with van der Waals surface area (Å²) < 4.78 is 10.3. The lowest BCUT2D eigenvalue weighted by atomic mass is 10.2. The number of carbonyl (C=O) groups excluding carboxylic acids is 2. The molecule has 1 aliphatic carbocycles. The third-order valence-corrected chi connectivity index (χ3v) is 3.39. The summed E-state index contributed by atoms with van der Waals surface area (Å²) in [5.74, 6) is 4.60. The normalized spacial score (nSPS) is 20.4. The van der Waals surface area contributed by atoms with Gasteiger partial charge in [0.2, 0.25) is 11.7 Å². The largest absolute Gasteiger partial charge is 0.460 e. The summed E-state index contributed by atoms with van der Waals surface area (Å²) in [7, 11) is 0. The number of esters is 2. The van der Waals surface area contributed by atoms with Gasteiger partial charge in [0.1, 0.15) is 0 Å². The molecule has 3 N–H and O–H groups in total. The molecule has 9 nitrogen and oxygen atoms in total. The summed E-state index contributed by atoms with van der Waals surface area (Å²) in [5.41, 5.74) is 0. The maximum Gasteiger partial charge on any atom is 0.376 e. The Hall–Kier alpha value is -2.00. The van der Waals surface area contributed by atoms with Gasteiger partial charge in [-0.05, 0) is 24.7 Å². The first-order valence-electron chi connectivity index (χ1n) is 8.58. The highest BCUT2D eigenvalue weighted by atomic mass is 16.5. The number of hydrazine groups is 1. The quantitative estimate of drug-likeness (QED) is 0.479. The molecule has 0 amide bonds. The van der Waals surface area contributed by atoms with E-state index in [1.165, 1.54) is 0 Å². The van der Waals surface area contributed by atoms with E-state index in [-0.39, 0.29) is 42.8 Å². The molecule has 0 saturated heterocycles. The van der Waals surface area contributed by atoms with E-state index in [4.69, 9.17) is 15.3 Å². The molecule has 2 rings (SSSR count). The Balaban J connectivity index is 2.15. The average Bonchev–Trinajstić information content (AvgIpc) is 3.36. The third kappa shape index (κ3) is 5.79. The number of nitrogens with zero attached hydrogens (tertiary/aromatic N) is 3. The number of carbonyl (C=O) groups is 2. The van der Waals surface area contributed by atoms with Crippen molar-refractivity contribution in [1.82, 2.24) is 10.3 Å². The Labute approximate surface area is 147 Å². The number of aliphatic imine (C=N–C) groups is 2. The van der Waals surface area contributed by atoms with Crippen molar-refractivity contribution in [3.05, 3.63) is 0 Å². The molecule has 1 aliphatic heterocycles. The van der Waals surface area contributed by atoms with Crippen LogP contribution in [0, 0.1) is 11.8 Å². The first-order chi connectivity index (χ1) is 11.8. The van der Waals surface area contributed by atoms with Gasteiger partial charge in [0.05, 0.1) is 13.2 Å². The van der Waals surface area contributed by atoms with Crippen molar-refractivity contribution in [2.24, 2.45) is 27.7 Å². The van der Waals surface area contributed by atoms with E-state index in [0.717, 1.165) is 17.9 Å². The van der Waals surface area contributed by atoms with Crippen LogP contribution in [0.4, 0.5) is 0 Å². The van der Waals surface area contributed by atoms with E-state index >= 15 is 0 Å². The number of rotatable bonds is 8. The number of nitrogens with two attached hydrogens (primary N) is 1. The Morgan fingerprint density at radius 1 is 1.16 bits per heavy atom. The molecule has 0 aromatic carbocycles. The summed E-state index contributed by atoms with van der Waals surface area (Å²) >= 11 is 0. The molecule has 0 spiro atoms. The lowest BCUT2D eigenvalue weighted by Gasteiger charge is -2.30. The minimum Gasteiger partial charge on any atom is -0.460 e. The molecule has 1 fully saturated rings. The van der Waals surface area contributed by atoms with Gasteiger partial charge in [-0.2, -0.15) is 4.99 Å². The average molecular weight is 353 g/mol. The van der Waals surface area contributed by atoms with Gasteiger partial charge in [0.25, 0.3) is 0 Å². The Kier molecular flexibility index (Phi) is 6.49. The minimum atomic E-state index is -0.756. The van der Waals surface area contributed by atoms with Crippen LogP contribution in [0.1, 0.15) is 40.5 Å². The maximum atomic E-state index is 12.3. The molecule has 25 heavy (non-hydrogen) atoms. The van der Waals surface area contributed by atoms with E-state index in [1.807, 2.05) is 27.7 Å². The zero-order chi connectivity index (χ0) is 18.6. The number of nitrogens with one attached hydrogen (secondary N) is 1. The Bertz CT molecular complexity index is 569. The zero-order valence-corrected chi connectivity index (χ0v) is 15.2. The Morgan fingerprint density at radius 3 is 2.24 bits per heavy atom. The molecule has 0 radical (unpaired) electrons. The summed E-state index contributed by atoms with van der Waals surface area (Å²) in [5, 5.41) is 4.26. The van der Waals surface area contributed by atoms with Gasteiger partial charge in [0.15, 0.2) is 6.29 Å². The minimum absolute atomic E-state index is 0.162. The summed E-state index contributed by atoms with van der Waals surface area (Å²) in [4.78, 5) is 32.6. The van der Waals surface area contributed by atoms with Crippen molar-refractivity contribution < 1.29 is 19.1 Å². The van der Waals surface area contributed by atoms with Crippen molar-refractivity contribution in [2.45, 2.75) is 52.9 Å². The van der Waals surface area contributed by atoms with E-state index in [2.05, 4.69) is 15.3 Å². The van der Waals surface area contributed by atoms with Gasteiger partial charge in [-0.1, -0.05) is 27.7 Å². The molecule has 9 heteroatoms. The molecule has 1 unspecified atom stereocenters. The summed E-state index contributed by atoms with van der Waals surface area (Å²) in [6.45, 7) is 8.16. The Morgan fingerprint density at radius 2 is 1.72 bits per heavy atom. The summed E-state index contributed by atoms with van der Waals surface area (Å²) in [6, 6.07) is 0.263. The van der Waals surface area contributed by atoms with Crippen LogP contribution in [0.5, 0.6) is 0 Å². The molecular weight excluding hydrogens is 326 g/mol. The predicted molar refractivity (Wildman–Crippen MR) is 92.4 cm³/mol. The molecule has 1 heterocycles. The van der Waals surface area contributed by atoms with E-state index in [1.54, 1.807) is 0 Å². The van der Waals surface area contributed by atoms with Crippen LogP contribution in [-0.2, 0) is 19.1 Å². The number of ether oxygens (including phenoxy) is 2. The van der Waals surface area contributed by atoms with Crippen molar-refractivity contribution in [2.75, 3.05) is 13.2 Å². The first-order valence-corrected chi connectivity index (χ1v) is 8.58. The molecule has 2 aliphatic rings. The van der Waals surface area contributed by atoms with E-state index < -0.39 is 18.2 Å². The highest BCUT2D eigenvalue weighted by Gasteiger charge is 2.35. The lowest BCUT2D eigenvalue weighted by molar-refractivity contribution is -0.137. The smallest absolute Gasteiger partial charge is 0.376 e.